The zero-order chi connectivity index (χ0) is 15.1. The Hall–Kier alpha value is -0.400. The average molecular weight is 299 g/mol. The van der Waals surface area contributed by atoms with Gasteiger partial charge in [0.2, 0.25) is 0 Å². The summed E-state index contributed by atoms with van der Waals surface area (Å²) in [7, 11) is 0. The van der Waals surface area contributed by atoms with Crippen LogP contribution in [0.15, 0.2) is 5.18 Å². The van der Waals surface area contributed by atoms with Crippen molar-refractivity contribution in [2.75, 3.05) is 0 Å². The molecule has 11 atom stereocenters. The molecule has 2 nitrogen and oxygen atoms in total. The Bertz CT molecular complexity index is 588. The molecule has 6 aliphatic rings. The molecular weight excluding hydrogens is 270 g/mol. The number of hydrogen-bond acceptors (Lipinski definition) is 2. The first-order chi connectivity index (χ1) is 10.6. The van der Waals surface area contributed by atoms with Gasteiger partial charge in [0.25, 0.3) is 0 Å². The van der Waals surface area contributed by atoms with Crippen molar-refractivity contribution in [2.45, 2.75) is 64.8 Å². The van der Waals surface area contributed by atoms with Gasteiger partial charge in [0, 0.05) is 5.41 Å². The van der Waals surface area contributed by atoms with Crippen LogP contribution in [0.2, 0.25) is 0 Å². The zero-order valence-electron chi connectivity index (χ0n) is 14.2. The third-order valence-electron chi connectivity index (χ3n) is 10.2. The molecule has 1 spiro atoms. The van der Waals surface area contributed by atoms with Crippen LogP contribution in [0.4, 0.5) is 0 Å². The molecular formula is C20H29NO. The fourth-order valence-corrected chi connectivity index (χ4v) is 9.38. The Balaban J connectivity index is 1.41. The van der Waals surface area contributed by atoms with Crippen molar-refractivity contribution >= 4 is 0 Å². The van der Waals surface area contributed by atoms with E-state index in [4.69, 9.17) is 0 Å². The minimum Gasteiger partial charge on any atom is -0.150 e. The molecule has 6 fully saturated rings. The standard InChI is InChI=1S/C20H29NO/c1-4-11-6-5-10(2)12-8-13(12)16-17-18(16,3)20-14(7-11)15(20)9-19(17,20)21-22/h10-17H,4-9H2,1-3H3/t10-,11?,12?,13-,14+,15?,16?,17-,18-,19?,20?/m1/s1. The Morgan fingerprint density at radius 2 is 1.95 bits per heavy atom. The van der Waals surface area contributed by atoms with Crippen LogP contribution in [0.25, 0.3) is 0 Å². The Kier molecular flexibility index (Phi) is 1.97. The topological polar surface area (TPSA) is 29.4 Å². The first kappa shape index (κ1) is 13.0. The van der Waals surface area contributed by atoms with Gasteiger partial charge in [0.1, 0.15) is 5.54 Å². The molecule has 0 radical (unpaired) electrons. The van der Waals surface area contributed by atoms with E-state index in [1.165, 1.54) is 38.5 Å². The molecule has 0 bridgehead atoms. The van der Waals surface area contributed by atoms with Crippen molar-refractivity contribution in [1.29, 1.82) is 0 Å². The monoisotopic (exact) mass is 299 g/mol. The summed E-state index contributed by atoms with van der Waals surface area (Å²) in [5, 5.41) is 3.86. The summed E-state index contributed by atoms with van der Waals surface area (Å²) in [6, 6.07) is 0. The maximum atomic E-state index is 11.9. The van der Waals surface area contributed by atoms with Crippen molar-refractivity contribution in [2.24, 2.45) is 63.4 Å². The second kappa shape index (κ2) is 3.35. The van der Waals surface area contributed by atoms with Crippen molar-refractivity contribution in [1.82, 2.24) is 0 Å². The van der Waals surface area contributed by atoms with E-state index in [1.807, 2.05) is 0 Å². The van der Waals surface area contributed by atoms with E-state index in [0.29, 0.717) is 16.7 Å². The van der Waals surface area contributed by atoms with E-state index in [1.54, 1.807) is 0 Å². The van der Waals surface area contributed by atoms with E-state index < -0.39 is 0 Å². The van der Waals surface area contributed by atoms with E-state index in [2.05, 4.69) is 25.9 Å². The van der Waals surface area contributed by atoms with Crippen LogP contribution in [0.3, 0.4) is 0 Å². The summed E-state index contributed by atoms with van der Waals surface area (Å²) in [5.41, 5.74) is 0.872. The minimum atomic E-state index is -0.0738. The fourth-order valence-electron chi connectivity index (χ4n) is 9.38. The molecule has 6 aliphatic carbocycles. The second-order valence-electron chi connectivity index (χ2n) is 10.2. The van der Waals surface area contributed by atoms with Crippen LogP contribution in [0.1, 0.15) is 59.3 Å². The van der Waals surface area contributed by atoms with Crippen LogP contribution in [-0.2, 0) is 0 Å². The van der Waals surface area contributed by atoms with Crippen LogP contribution in [-0.4, -0.2) is 5.54 Å². The molecule has 6 saturated carbocycles. The highest BCUT2D eigenvalue weighted by atomic mass is 16.3. The average Bonchev–Trinajstić information content (AvgIpc) is 3.39. The van der Waals surface area contributed by atoms with Gasteiger partial charge in [-0.05, 0) is 72.0 Å². The third-order valence-corrected chi connectivity index (χ3v) is 10.2. The number of hydrogen-bond donors (Lipinski definition) is 0. The van der Waals surface area contributed by atoms with Crippen LogP contribution < -0.4 is 0 Å². The van der Waals surface area contributed by atoms with E-state index in [9.17, 15) is 4.91 Å². The first-order valence-corrected chi connectivity index (χ1v) is 9.92. The summed E-state index contributed by atoms with van der Waals surface area (Å²) in [6.45, 7) is 7.45. The lowest BCUT2D eigenvalue weighted by molar-refractivity contribution is -0.0810. The molecule has 120 valence electrons. The van der Waals surface area contributed by atoms with Crippen molar-refractivity contribution in [3.8, 4) is 0 Å². The van der Waals surface area contributed by atoms with Gasteiger partial charge in [-0.15, -0.1) is 0 Å². The Labute approximate surface area is 133 Å². The number of nitrogens with zero attached hydrogens (tertiary/aromatic N) is 1. The molecule has 0 amide bonds. The number of fused-ring (bicyclic) bond motifs is 5. The molecule has 0 aromatic heterocycles. The minimum absolute atomic E-state index is 0.0738. The van der Waals surface area contributed by atoms with Gasteiger partial charge >= 0.3 is 0 Å². The molecule has 6 unspecified atom stereocenters. The Morgan fingerprint density at radius 3 is 2.68 bits per heavy atom. The van der Waals surface area contributed by atoms with Crippen molar-refractivity contribution < 1.29 is 0 Å². The molecule has 0 aromatic rings. The summed E-state index contributed by atoms with van der Waals surface area (Å²) in [6.07, 6.45) is 8.28. The van der Waals surface area contributed by atoms with E-state index in [-0.39, 0.29) is 5.54 Å². The van der Waals surface area contributed by atoms with Gasteiger partial charge in [0.15, 0.2) is 0 Å². The third kappa shape index (κ3) is 0.947. The van der Waals surface area contributed by atoms with Gasteiger partial charge in [-0.25, -0.2) is 0 Å². The zero-order valence-corrected chi connectivity index (χ0v) is 14.2. The van der Waals surface area contributed by atoms with Crippen LogP contribution >= 0.6 is 0 Å². The highest BCUT2D eigenvalue weighted by Crippen LogP contribution is 3.06. The van der Waals surface area contributed by atoms with Crippen molar-refractivity contribution in [3.05, 3.63) is 4.91 Å². The number of rotatable bonds is 2. The van der Waals surface area contributed by atoms with Crippen molar-refractivity contribution in [3.63, 3.8) is 0 Å². The highest BCUT2D eigenvalue weighted by molar-refractivity contribution is 5.56. The Morgan fingerprint density at radius 1 is 1.14 bits per heavy atom. The van der Waals surface area contributed by atoms with E-state index >= 15 is 0 Å². The fraction of sp³-hybridized carbons (Fsp3) is 1.00. The summed E-state index contributed by atoms with van der Waals surface area (Å²) < 4.78 is 0. The molecule has 0 N–H and O–H groups in total. The molecule has 22 heavy (non-hydrogen) atoms. The van der Waals surface area contributed by atoms with Gasteiger partial charge in [-0.1, -0.05) is 45.2 Å². The van der Waals surface area contributed by atoms with Gasteiger partial charge in [-0.2, -0.15) is 4.91 Å². The maximum Gasteiger partial charge on any atom is 0.113 e. The van der Waals surface area contributed by atoms with Gasteiger partial charge < -0.3 is 0 Å². The summed E-state index contributed by atoms with van der Waals surface area (Å²) >= 11 is 0. The predicted molar refractivity (Wildman–Crippen MR) is 86.0 cm³/mol. The van der Waals surface area contributed by atoms with Gasteiger partial charge in [-0.3, -0.25) is 0 Å². The largest absolute Gasteiger partial charge is 0.150 e. The lowest BCUT2D eigenvalue weighted by Crippen LogP contribution is -2.63. The highest BCUT2D eigenvalue weighted by Gasteiger charge is 3.07. The molecule has 0 heterocycles. The maximum absolute atomic E-state index is 11.9. The molecule has 6 rings (SSSR count). The SMILES string of the molecule is CCC1CC[C@@H](C)C2C[C@H]2C2[C@H]3C4(N=O)CC5[C@H](C1)C54[C@]23C. The predicted octanol–water partition coefficient (Wildman–Crippen LogP) is 4.88. The van der Waals surface area contributed by atoms with E-state index in [0.717, 1.165) is 41.4 Å². The van der Waals surface area contributed by atoms with Crippen LogP contribution in [0.5, 0.6) is 0 Å². The summed E-state index contributed by atoms with van der Waals surface area (Å²) in [5.74, 6) is 7.11. The van der Waals surface area contributed by atoms with Gasteiger partial charge in [0.05, 0.1) is 0 Å². The molecule has 2 heteroatoms. The molecule has 0 aliphatic heterocycles. The lowest BCUT2D eigenvalue weighted by atomic mass is 9.47. The molecule has 0 saturated heterocycles. The summed E-state index contributed by atoms with van der Waals surface area (Å²) in [4.78, 5) is 11.9. The lowest BCUT2D eigenvalue weighted by Gasteiger charge is -2.58. The normalized spacial score (nSPS) is 72.3. The smallest absolute Gasteiger partial charge is 0.113 e. The quantitative estimate of drug-likeness (QED) is 0.668. The van der Waals surface area contributed by atoms with Crippen LogP contribution in [0, 0.1) is 63.1 Å². The first-order valence-electron chi connectivity index (χ1n) is 9.92. The number of nitroso groups, excluding NO2 is 1. The second-order valence-corrected chi connectivity index (χ2v) is 10.2. The molecule has 0 aromatic carbocycles.